The number of nitrogens with zero attached hydrogens (tertiary/aromatic N) is 1. The van der Waals surface area contributed by atoms with Gasteiger partial charge in [-0.2, -0.15) is 0 Å². The number of amides is 1. The molecule has 23 heavy (non-hydrogen) atoms. The molecule has 1 aliphatic heterocycles. The van der Waals surface area contributed by atoms with E-state index in [1.54, 1.807) is 4.90 Å². The third-order valence-electron chi connectivity index (χ3n) is 3.86. The van der Waals surface area contributed by atoms with Gasteiger partial charge in [-0.1, -0.05) is 48.5 Å². The fraction of sp³-hybridized carbons (Fsp3) is 0.278. The second-order valence-electron chi connectivity index (χ2n) is 5.55. The van der Waals surface area contributed by atoms with Crippen LogP contribution in [0.1, 0.15) is 18.1 Å². The van der Waals surface area contributed by atoms with Crippen LogP contribution in [0.15, 0.2) is 60.7 Å². The minimum absolute atomic E-state index is 0. The van der Waals surface area contributed by atoms with Gasteiger partial charge in [0.05, 0.1) is 0 Å². The zero-order valence-electron chi connectivity index (χ0n) is 12.8. The Balaban J connectivity index is 0.00000192. The molecule has 5 heteroatoms. The lowest BCUT2D eigenvalue weighted by Crippen LogP contribution is -2.37. The number of halogens is 1. The minimum atomic E-state index is -0.631. The second-order valence-corrected chi connectivity index (χ2v) is 5.55. The standard InChI is InChI=1S/C18H20N2O2.ClH/c19-15-11-12-20(13-15)18(21)17(14-7-3-1-4-8-14)22-16-9-5-2-6-10-16;/h1-10,15,17H,11-13,19H2;1H/t15-,17?;/m1./s1. The molecule has 3 rings (SSSR count). The molecule has 1 unspecified atom stereocenters. The number of carbonyl (C=O) groups excluding carboxylic acids is 1. The molecule has 0 saturated carbocycles. The molecule has 2 aromatic rings. The van der Waals surface area contributed by atoms with Crippen LogP contribution in [-0.4, -0.2) is 29.9 Å². The molecule has 122 valence electrons. The smallest absolute Gasteiger partial charge is 0.268 e. The zero-order valence-corrected chi connectivity index (χ0v) is 13.6. The summed E-state index contributed by atoms with van der Waals surface area (Å²) in [6.07, 6.45) is 0.215. The summed E-state index contributed by atoms with van der Waals surface area (Å²) in [5.41, 5.74) is 6.78. The Labute approximate surface area is 142 Å². The van der Waals surface area contributed by atoms with E-state index in [2.05, 4.69) is 0 Å². The average Bonchev–Trinajstić information content (AvgIpc) is 3.00. The fourth-order valence-electron chi connectivity index (χ4n) is 2.68. The van der Waals surface area contributed by atoms with E-state index < -0.39 is 6.10 Å². The number of carbonyl (C=O) groups is 1. The quantitative estimate of drug-likeness (QED) is 0.936. The predicted octanol–water partition coefficient (Wildman–Crippen LogP) is 2.79. The summed E-state index contributed by atoms with van der Waals surface area (Å²) in [6, 6.07) is 19.1. The highest BCUT2D eigenvalue weighted by Gasteiger charge is 2.31. The first-order chi connectivity index (χ1) is 10.7. The van der Waals surface area contributed by atoms with Crippen molar-refractivity contribution in [3.63, 3.8) is 0 Å². The predicted molar refractivity (Wildman–Crippen MR) is 92.7 cm³/mol. The van der Waals surface area contributed by atoms with Gasteiger partial charge in [-0.3, -0.25) is 4.79 Å². The van der Waals surface area contributed by atoms with Crippen LogP contribution in [0.25, 0.3) is 0 Å². The molecule has 0 bridgehead atoms. The number of ether oxygens (including phenoxy) is 1. The van der Waals surface area contributed by atoms with E-state index in [1.807, 2.05) is 60.7 Å². The monoisotopic (exact) mass is 332 g/mol. The highest BCUT2D eigenvalue weighted by Crippen LogP contribution is 2.25. The Morgan fingerprint density at radius 2 is 1.70 bits per heavy atom. The summed E-state index contributed by atoms with van der Waals surface area (Å²) in [5.74, 6) is 0.663. The summed E-state index contributed by atoms with van der Waals surface area (Å²) in [4.78, 5) is 14.6. The van der Waals surface area contributed by atoms with Gasteiger partial charge in [0.1, 0.15) is 5.75 Å². The van der Waals surface area contributed by atoms with Crippen molar-refractivity contribution in [1.82, 2.24) is 4.90 Å². The van der Waals surface area contributed by atoms with Gasteiger partial charge in [0.2, 0.25) is 6.10 Å². The molecule has 0 radical (unpaired) electrons. The molecule has 1 amide bonds. The number of hydrogen-bond acceptors (Lipinski definition) is 3. The highest BCUT2D eigenvalue weighted by molar-refractivity contribution is 5.85. The molecule has 1 heterocycles. The topological polar surface area (TPSA) is 55.6 Å². The molecule has 1 aliphatic rings. The summed E-state index contributed by atoms with van der Waals surface area (Å²) in [5, 5.41) is 0. The first kappa shape index (κ1) is 17.3. The van der Waals surface area contributed by atoms with Crippen LogP contribution in [0, 0.1) is 0 Å². The van der Waals surface area contributed by atoms with E-state index in [1.165, 1.54) is 0 Å². The van der Waals surface area contributed by atoms with E-state index >= 15 is 0 Å². The molecule has 1 fully saturated rings. The third-order valence-corrected chi connectivity index (χ3v) is 3.86. The maximum atomic E-state index is 12.8. The van der Waals surface area contributed by atoms with Gasteiger partial charge in [0, 0.05) is 24.7 Å². The molecule has 2 atom stereocenters. The third kappa shape index (κ3) is 4.24. The van der Waals surface area contributed by atoms with Crippen molar-refractivity contribution >= 4 is 18.3 Å². The molecule has 1 saturated heterocycles. The van der Waals surface area contributed by atoms with Crippen LogP contribution < -0.4 is 10.5 Å². The lowest BCUT2D eigenvalue weighted by atomic mass is 10.1. The lowest BCUT2D eigenvalue weighted by molar-refractivity contribution is -0.138. The summed E-state index contributed by atoms with van der Waals surface area (Å²) in [6.45, 7) is 1.29. The number of rotatable bonds is 4. The molecular weight excluding hydrogens is 312 g/mol. The van der Waals surface area contributed by atoms with Gasteiger partial charge >= 0.3 is 0 Å². The minimum Gasteiger partial charge on any atom is -0.476 e. The number of nitrogens with two attached hydrogens (primary N) is 1. The van der Waals surface area contributed by atoms with Gasteiger partial charge in [0.15, 0.2) is 0 Å². The van der Waals surface area contributed by atoms with Crippen LogP contribution in [0.2, 0.25) is 0 Å². The summed E-state index contributed by atoms with van der Waals surface area (Å²) in [7, 11) is 0. The first-order valence-corrected chi connectivity index (χ1v) is 7.55. The molecule has 0 spiro atoms. The van der Waals surface area contributed by atoms with Crippen LogP contribution in [-0.2, 0) is 4.79 Å². The van der Waals surface area contributed by atoms with Crippen molar-refractivity contribution in [2.45, 2.75) is 18.6 Å². The second kappa shape index (κ2) is 7.99. The Morgan fingerprint density at radius 3 is 2.26 bits per heavy atom. The van der Waals surface area contributed by atoms with E-state index in [-0.39, 0.29) is 24.4 Å². The van der Waals surface area contributed by atoms with Crippen molar-refractivity contribution in [2.75, 3.05) is 13.1 Å². The van der Waals surface area contributed by atoms with E-state index in [0.29, 0.717) is 18.8 Å². The molecule has 2 N–H and O–H groups in total. The van der Waals surface area contributed by atoms with E-state index in [0.717, 1.165) is 12.0 Å². The Kier molecular flexibility index (Phi) is 6.02. The van der Waals surface area contributed by atoms with Gasteiger partial charge in [-0.25, -0.2) is 0 Å². The first-order valence-electron chi connectivity index (χ1n) is 7.55. The van der Waals surface area contributed by atoms with Crippen LogP contribution in [0.3, 0.4) is 0 Å². The van der Waals surface area contributed by atoms with Crippen molar-refractivity contribution in [1.29, 1.82) is 0 Å². The maximum Gasteiger partial charge on any atom is 0.268 e. The molecule has 0 aliphatic carbocycles. The van der Waals surface area contributed by atoms with Crippen molar-refractivity contribution in [3.8, 4) is 5.75 Å². The fourth-order valence-corrected chi connectivity index (χ4v) is 2.68. The van der Waals surface area contributed by atoms with E-state index in [9.17, 15) is 4.79 Å². The Hall–Kier alpha value is -2.04. The van der Waals surface area contributed by atoms with Gasteiger partial charge in [-0.05, 0) is 18.6 Å². The van der Waals surface area contributed by atoms with Crippen molar-refractivity contribution < 1.29 is 9.53 Å². The van der Waals surface area contributed by atoms with Crippen molar-refractivity contribution in [3.05, 3.63) is 66.2 Å². The Bertz CT molecular complexity index is 621. The number of para-hydroxylation sites is 1. The maximum absolute atomic E-state index is 12.8. The SMILES string of the molecule is Cl.N[C@@H]1CCN(C(=O)C(Oc2ccccc2)c2ccccc2)C1. The molecule has 4 nitrogen and oxygen atoms in total. The molecule has 2 aromatic carbocycles. The van der Waals surface area contributed by atoms with Gasteiger partial charge < -0.3 is 15.4 Å². The normalized spacial score (nSPS) is 18.1. The average molecular weight is 333 g/mol. The zero-order chi connectivity index (χ0) is 15.4. The largest absolute Gasteiger partial charge is 0.476 e. The van der Waals surface area contributed by atoms with E-state index in [4.69, 9.17) is 10.5 Å². The van der Waals surface area contributed by atoms with Crippen molar-refractivity contribution in [2.24, 2.45) is 5.73 Å². The summed E-state index contributed by atoms with van der Waals surface area (Å²) >= 11 is 0. The number of hydrogen-bond donors (Lipinski definition) is 1. The number of benzene rings is 2. The van der Waals surface area contributed by atoms with Crippen LogP contribution in [0.4, 0.5) is 0 Å². The van der Waals surface area contributed by atoms with Crippen LogP contribution >= 0.6 is 12.4 Å². The highest BCUT2D eigenvalue weighted by atomic mass is 35.5. The van der Waals surface area contributed by atoms with Gasteiger partial charge in [0.25, 0.3) is 5.91 Å². The molecule has 0 aromatic heterocycles. The van der Waals surface area contributed by atoms with Gasteiger partial charge in [-0.15, -0.1) is 12.4 Å². The Morgan fingerprint density at radius 1 is 1.09 bits per heavy atom. The summed E-state index contributed by atoms with van der Waals surface area (Å²) < 4.78 is 5.98. The molecular formula is C18H21ClN2O2. The lowest BCUT2D eigenvalue weighted by Gasteiger charge is -2.24. The van der Waals surface area contributed by atoms with Crippen LogP contribution in [0.5, 0.6) is 5.75 Å². The number of likely N-dealkylation sites (tertiary alicyclic amines) is 1.